The summed E-state index contributed by atoms with van der Waals surface area (Å²) in [5.74, 6) is 0.0422. The number of ether oxygens (including phenoxy) is 1. The van der Waals surface area contributed by atoms with Gasteiger partial charge in [-0.05, 0) is 45.6 Å². The molecule has 0 aliphatic heterocycles. The van der Waals surface area contributed by atoms with Crippen molar-refractivity contribution in [3.63, 3.8) is 0 Å². The number of rotatable bonds is 4. The van der Waals surface area contributed by atoms with Crippen LogP contribution < -0.4 is 5.32 Å². The summed E-state index contributed by atoms with van der Waals surface area (Å²) in [5, 5.41) is 3.14. The predicted molar refractivity (Wildman–Crippen MR) is 89.5 cm³/mol. The number of carbonyl (C=O) groups excluding carboxylic acids is 2. The first kappa shape index (κ1) is 17.0. The number of ketones is 1. The van der Waals surface area contributed by atoms with Crippen LogP contribution in [0.4, 0.5) is 4.79 Å². The highest BCUT2D eigenvalue weighted by molar-refractivity contribution is 9.09. The lowest BCUT2D eigenvalue weighted by molar-refractivity contribution is -0.0549. The van der Waals surface area contributed by atoms with Gasteiger partial charge in [0.05, 0.1) is 5.33 Å². The van der Waals surface area contributed by atoms with Gasteiger partial charge in [0.1, 0.15) is 5.60 Å². The van der Waals surface area contributed by atoms with Crippen molar-refractivity contribution < 1.29 is 14.3 Å². The molecule has 0 spiro atoms. The molecule has 0 saturated heterocycles. The summed E-state index contributed by atoms with van der Waals surface area (Å²) in [6.45, 7) is 5.76. The molecule has 0 unspecified atom stereocenters. The summed E-state index contributed by atoms with van der Waals surface area (Å²) in [4.78, 5) is 23.7. The summed E-state index contributed by atoms with van der Waals surface area (Å²) in [6.07, 6.45) is 2.27. The zero-order chi connectivity index (χ0) is 16.4. The minimum Gasteiger partial charge on any atom is -0.438 e. The Hall–Kier alpha value is -1.36. The second-order valence-electron chi connectivity index (χ2n) is 6.75. The average molecular weight is 368 g/mol. The quantitative estimate of drug-likeness (QED) is 0.641. The summed E-state index contributed by atoms with van der Waals surface area (Å²) < 4.78 is 5.72. The normalized spacial score (nSPS) is 16.5. The lowest BCUT2D eigenvalue weighted by Crippen LogP contribution is -2.47. The van der Waals surface area contributed by atoms with Gasteiger partial charge in [-0.2, -0.15) is 0 Å². The van der Waals surface area contributed by atoms with E-state index in [9.17, 15) is 9.59 Å². The molecule has 1 aromatic rings. The molecule has 1 aliphatic carbocycles. The van der Waals surface area contributed by atoms with Crippen molar-refractivity contribution >= 4 is 27.8 Å². The lowest BCUT2D eigenvalue weighted by Gasteiger charge is -2.42. The first-order chi connectivity index (χ1) is 10.3. The van der Waals surface area contributed by atoms with Crippen LogP contribution in [0, 0.1) is 0 Å². The highest BCUT2D eigenvalue weighted by Gasteiger charge is 2.43. The number of halogens is 1. The van der Waals surface area contributed by atoms with E-state index < -0.39 is 11.7 Å². The zero-order valence-corrected chi connectivity index (χ0v) is 14.8. The van der Waals surface area contributed by atoms with E-state index in [1.54, 1.807) is 12.1 Å². The van der Waals surface area contributed by atoms with E-state index in [-0.39, 0.29) is 11.3 Å². The molecule has 22 heavy (non-hydrogen) atoms. The molecular weight excluding hydrogens is 346 g/mol. The Kier molecular flexibility index (Phi) is 4.95. The standard InChI is InChI=1S/C17H22BrNO3/c1-16(2,3)19-15(21)22-17(9-4-10-17)13-7-5-12(6-8-13)14(20)11-18/h5-8H,4,9-11H2,1-3H3,(H,19,21). The van der Waals surface area contributed by atoms with Crippen molar-refractivity contribution in [2.75, 3.05) is 5.33 Å². The van der Waals surface area contributed by atoms with Crippen molar-refractivity contribution in [1.82, 2.24) is 5.32 Å². The number of alkyl halides is 1. The summed E-state index contributed by atoms with van der Waals surface area (Å²) in [7, 11) is 0. The monoisotopic (exact) mass is 367 g/mol. The first-order valence-corrected chi connectivity index (χ1v) is 8.59. The molecule has 1 amide bonds. The van der Waals surface area contributed by atoms with Crippen LogP contribution in [0.3, 0.4) is 0 Å². The van der Waals surface area contributed by atoms with E-state index in [1.807, 2.05) is 32.9 Å². The number of carbonyl (C=O) groups is 2. The van der Waals surface area contributed by atoms with Gasteiger partial charge in [0.25, 0.3) is 0 Å². The van der Waals surface area contributed by atoms with Gasteiger partial charge >= 0.3 is 6.09 Å². The third kappa shape index (κ3) is 3.88. The molecule has 1 fully saturated rings. The molecule has 4 nitrogen and oxygen atoms in total. The van der Waals surface area contributed by atoms with Gasteiger partial charge in [0, 0.05) is 11.1 Å². The van der Waals surface area contributed by atoms with Crippen molar-refractivity contribution in [3.05, 3.63) is 35.4 Å². The summed E-state index contributed by atoms with van der Waals surface area (Å²) in [5.41, 5.74) is 0.739. The molecular formula is C17H22BrNO3. The van der Waals surface area contributed by atoms with Crippen LogP contribution in [-0.2, 0) is 10.3 Å². The van der Waals surface area contributed by atoms with Gasteiger partial charge in [-0.3, -0.25) is 4.79 Å². The average Bonchev–Trinajstić information content (AvgIpc) is 2.40. The fourth-order valence-electron chi connectivity index (χ4n) is 2.49. The Balaban J connectivity index is 2.13. The molecule has 0 aromatic heterocycles. The summed E-state index contributed by atoms with van der Waals surface area (Å²) in [6, 6.07) is 7.37. The van der Waals surface area contributed by atoms with Crippen LogP contribution >= 0.6 is 15.9 Å². The largest absolute Gasteiger partial charge is 0.438 e. The molecule has 1 saturated carbocycles. The van der Waals surface area contributed by atoms with Crippen LogP contribution in [0.5, 0.6) is 0 Å². The SMILES string of the molecule is CC(C)(C)NC(=O)OC1(c2ccc(C(=O)CBr)cc2)CCC1. The van der Waals surface area contributed by atoms with E-state index in [0.717, 1.165) is 24.8 Å². The molecule has 0 bridgehead atoms. The number of nitrogens with one attached hydrogen (secondary N) is 1. The van der Waals surface area contributed by atoms with Gasteiger partial charge < -0.3 is 10.1 Å². The van der Waals surface area contributed by atoms with Gasteiger partial charge in [0.2, 0.25) is 0 Å². The third-order valence-electron chi connectivity index (χ3n) is 3.78. The number of benzene rings is 1. The van der Waals surface area contributed by atoms with Gasteiger partial charge in [0.15, 0.2) is 5.78 Å². The minimum atomic E-state index is -0.550. The number of hydrogen-bond acceptors (Lipinski definition) is 3. The Morgan fingerprint density at radius 2 is 1.82 bits per heavy atom. The molecule has 0 heterocycles. The molecule has 1 aromatic carbocycles. The van der Waals surface area contributed by atoms with E-state index in [1.165, 1.54) is 0 Å². The second-order valence-corrected chi connectivity index (χ2v) is 7.31. The highest BCUT2D eigenvalue weighted by atomic mass is 79.9. The Morgan fingerprint density at radius 1 is 1.23 bits per heavy atom. The Morgan fingerprint density at radius 3 is 2.23 bits per heavy atom. The van der Waals surface area contributed by atoms with Gasteiger partial charge in [-0.1, -0.05) is 40.2 Å². The van der Waals surface area contributed by atoms with E-state index >= 15 is 0 Å². The van der Waals surface area contributed by atoms with Crippen molar-refractivity contribution in [2.45, 2.75) is 51.2 Å². The molecule has 2 rings (SSSR count). The van der Waals surface area contributed by atoms with Crippen LogP contribution in [0.1, 0.15) is 56.0 Å². The first-order valence-electron chi connectivity index (χ1n) is 7.47. The minimum absolute atomic E-state index is 0.0422. The topological polar surface area (TPSA) is 55.4 Å². The van der Waals surface area contributed by atoms with Crippen LogP contribution in [0.2, 0.25) is 0 Å². The fraction of sp³-hybridized carbons (Fsp3) is 0.529. The van der Waals surface area contributed by atoms with E-state index in [4.69, 9.17) is 4.74 Å². The molecule has 1 N–H and O–H groups in total. The fourth-order valence-corrected chi connectivity index (χ4v) is 2.82. The van der Waals surface area contributed by atoms with Crippen molar-refractivity contribution in [1.29, 1.82) is 0 Å². The van der Waals surface area contributed by atoms with Gasteiger partial charge in [-0.25, -0.2) is 4.79 Å². The van der Waals surface area contributed by atoms with Crippen LogP contribution in [0.25, 0.3) is 0 Å². The molecule has 0 radical (unpaired) electrons. The number of amides is 1. The van der Waals surface area contributed by atoms with Crippen LogP contribution in [0.15, 0.2) is 24.3 Å². The Bertz CT molecular complexity index is 556. The molecule has 5 heteroatoms. The van der Waals surface area contributed by atoms with Crippen molar-refractivity contribution in [2.24, 2.45) is 0 Å². The number of hydrogen-bond donors (Lipinski definition) is 1. The maximum absolute atomic E-state index is 12.1. The maximum Gasteiger partial charge on any atom is 0.408 e. The number of Topliss-reactive ketones (excluding diaryl/α,β-unsaturated/α-hetero) is 1. The van der Waals surface area contributed by atoms with E-state index in [0.29, 0.717) is 10.9 Å². The molecule has 1 aliphatic rings. The third-order valence-corrected chi connectivity index (χ3v) is 4.29. The predicted octanol–water partition coefficient (Wildman–Crippen LogP) is 4.17. The smallest absolute Gasteiger partial charge is 0.408 e. The molecule has 0 atom stereocenters. The van der Waals surface area contributed by atoms with Gasteiger partial charge in [-0.15, -0.1) is 0 Å². The summed E-state index contributed by atoms with van der Waals surface area (Å²) >= 11 is 3.17. The lowest BCUT2D eigenvalue weighted by atomic mass is 9.74. The van der Waals surface area contributed by atoms with E-state index in [2.05, 4.69) is 21.2 Å². The number of alkyl carbamates (subject to hydrolysis) is 1. The Labute approximate surface area is 139 Å². The zero-order valence-electron chi connectivity index (χ0n) is 13.2. The second kappa shape index (κ2) is 6.41. The highest BCUT2D eigenvalue weighted by Crippen LogP contribution is 2.45. The molecule has 120 valence electrons. The van der Waals surface area contributed by atoms with Crippen molar-refractivity contribution in [3.8, 4) is 0 Å². The van der Waals surface area contributed by atoms with Crippen LogP contribution in [-0.4, -0.2) is 22.7 Å². The maximum atomic E-state index is 12.1.